The molecule has 1 N–H and O–H groups in total. The number of nitrogens with zero attached hydrogens (tertiary/aromatic N) is 4. The second-order valence-corrected chi connectivity index (χ2v) is 6.52. The maximum Gasteiger partial charge on any atom is 0.332 e. The van der Waals surface area contributed by atoms with Crippen LogP contribution in [-0.2, 0) is 10.8 Å². The second kappa shape index (κ2) is 6.79. The first-order valence-electron chi connectivity index (χ1n) is 6.89. The van der Waals surface area contributed by atoms with Crippen molar-refractivity contribution < 1.29 is 9.13 Å². The van der Waals surface area contributed by atoms with Crippen LogP contribution in [0, 0.1) is 17.0 Å². The molecular weight excluding hydrogens is 294 g/mol. The molecule has 0 radical (unpaired) electrons. The van der Waals surface area contributed by atoms with Crippen LogP contribution >= 0.6 is 0 Å². The fraction of sp³-hybridized carbons (Fsp3) is 0.667. The lowest BCUT2D eigenvalue weighted by Crippen LogP contribution is -2.38. The smallest absolute Gasteiger partial charge is 0.332 e. The minimum atomic E-state index is -0.838. The van der Waals surface area contributed by atoms with Gasteiger partial charge in [0.2, 0.25) is 11.8 Å². The summed E-state index contributed by atoms with van der Waals surface area (Å²) in [6, 6.07) is 0. The molecule has 0 bridgehead atoms. The highest BCUT2D eigenvalue weighted by molar-refractivity contribution is 7.85. The van der Waals surface area contributed by atoms with Gasteiger partial charge in [-0.2, -0.15) is 4.98 Å². The quantitative estimate of drug-likeness (QED) is 0.641. The van der Waals surface area contributed by atoms with E-state index >= 15 is 0 Å². The highest BCUT2D eigenvalue weighted by atomic mass is 32.2. The molecule has 21 heavy (non-hydrogen) atoms. The summed E-state index contributed by atoms with van der Waals surface area (Å²) in [5.41, 5.74) is 0.278. The van der Waals surface area contributed by atoms with Crippen molar-refractivity contribution in [3.8, 4) is 0 Å². The summed E-state index contributed by atoms with van der Waals surface area (Å²) in [5.74, 6) is 1.75. The van der Waals surface area contributed by atoms with E-state index in [2.05, 4.69) is 15.3 Å². The van der Waals surface area contributed by atoms with Gasteiger partial charge in [0.05, 0.1) is 4.92 Å². The van der Waals surface area contributed by atoms with Crippen molar-refractivity contribution in [2.24, 2.45) is 0 Å². The summed E-state index contributed by atoms with van der Waals surface area (Å²) >= 11 is 0. The minimum Gasteiger partial charge on any atom is -0.354 e. The maximum atomic E-state index is 11.4. The SMILES string of the molecule is CCCNc1nc(C)c([N+](=O)[O-])c(N2CCS(=O)CC2)n1. The Morgan fingerprint density at radius 2 is 2.05 bits per heavy atom. The lowest BCUT2D eigenvalue weighted by Gasteiger charge is -2.27. The van der Waals surface area contributed by atoms with Gasteiger partial charge in [-0.1, -0.05) is 6.92 Å². The molecule has 9 heteroatoms. The average Bonchev–Trinajstić information content (AvgIpc) is 2.44. The molecule has 1 aromatic rings. The van der Waals surface area contributed by atoms with Crippen LogP contribution in [0.5, 0.6) is 0 Å². The first-order chi connectivity index (χ1) is 10.0. The van der Waals surface area contributed by atoms with E-state index < -0.39 is 15.7 Å². The molecule has 1 fully saturated rings. The van der Waals surface area contributed by atoms with Gasteiger partial charge in [-0.15, -0.1) is 0 Å². The molecule has 1 aromatic heterocycles. The van der Waals surface area contributed by atoms with Crippen LogP contribution in [0.4, 0.5) is 17.5 Å². The van der Waals surface area contributed by atoms with Gasteiger partial charge in [-0.3, -0.25) is 14.3 Å². The predicted octanol–water partition coefficient (Wildman–Crippen LogP) is 1.08. The Bertz CT molecular complexity index is 556. The monoisotopic (exact) mass is 313 g/mol. The summed E-state index contributed by atoms with van der Waals surface area (Å²) in [6.07, 6.45) is 0.914. The molecule has 8 nitrogen and oxygen atoms in total. The van der Waals surface area contributed by atoms with Crippen LogP contribution in [0.2, 0.25) is 0 Å². The molecule has 2 rings (SSSR count). The Morgan fingerprint density at radius 3 is 2.62 bits per heavy atom. The molecule has 0 amide bonds. The Balaban J connectivity index is 2.37. The maximum absolute atomic E-state index is 11.4. The topological polar surface area (TPSA) is 101 Å². The van der Waals surface area contributed by atoms with Gasteiger partial charge in [-0.05, 0) is 13.3 Å². The molecule has 0 aliphatic carbocycles. The zero-order chi connectivity index (χ0) is 15.4. The van der Waals surface area contributed by atoms with Crippen molar-refractivity contribution in [2.45, 2.75) is 20.3 Å². The highest BCUT2D eigenvalue weighted by Crippen LogP contribution is 2.30. The van der Waals surface area contributed by atoms with Gasteiger partial charge < -0.3 is 10.2 Å². The summed E-state index contributed by atoms with van der Waals surface area (Å²) in [7, 11) is -0.838. The minimum absolute atomic E-state index is 0.0651. The van der Waals surface area contributed by atoms with Gasteiger partial charge in [0, 0.05) is 41.9 Å². The van der Waals surface area contributed by atoms with Crippen molar-refractivity contribution in [3.05, 3.63) is 15.8 Å². The number of hydrogen-bond acceptors (Lipinski definition) is 7. The van der Waals surface area contributed by atoms with Crippen molar-refractivity contribution >= 4 is 28.3 Å². The number of rotatable bonds is 5. The van der Waals surface area contributed by atoms with Crippen molar-refractivity contribution in [3.63, 3.8) is 0 Å². The molecule has 1 aliphatic rings. The zero-order valence-electron chi connectivity index (χ0n) is 12.2. The van der Waals surface area contributed by atoms with Crippen molar-refractivity contribution in [1.29, 1.82) is 0 Å². The molecule has 0 spiro atoms. The van der Waals surface area contributed by atoms with Gasteiger partial charge in [-0.25, -0.2) is 4.98 Å². The first kappa shape index (κ1) is 15.6. The van der Waals surface area contributed by atoms with E-state index in [1.165, 1.54) is 0 Å². The number of anilines is 2. The lowest BCUT2D eigenvalue weighted by molar-refractivity contribution is -0.385. The van der Waals surface area contributed by atoms with Crippen molar-refractivity contribution in [1.82, 2.24) is 9.97 Å². The fourth-order valence-electron chi connectivity index (χ4n) is 2.15. The van der Waals surface area contributed by atoms with Crippen LogP contribution in [0.1, 0.15) is 19.0 Å². The van der Waals surface area contributed by atoms with Crippen LogP contribution in [0.25, 0.3) is 0 Å². The van der Waals surface area contributed by atoms with Gasteiger partial charge in [0.15, 0.2) is 0 Å². The van der Waals surface area contributed by atoms with Crippen LogP contribution in [0.3, 0.4) is 0 Å². The number of aromatic nitrogens is 2. The molecule has 2 heterocycles. The van der Waals surface area contributed by atoms with Crippen LogP contribution in [-0.4, -0.2) is 50.2 Å². The summed E-state index contributed by atoms with van der Waals surface area (Å²) < 4.78 is 11.4. The third-order valence-corrected chi connectivity index (χ3v) is 4.51. The Morgan fingerprint density at radius 1 is 1.38 bits per heavy atom. The van der Waals surface area contributed by atoms with E-state index in [1.54, 1.807) is 6.92 Å². The normalized spacial score (nSPS) is 16.0. The Hall–Kier alpha value is -1.77. The standard InChI is InChI=1S/C12H19N5O3S/c1-3-4-13-12-14-9(2)10(17(18)19)11(15-12)16-5-7-21(20)8-6-16/h3-8H2,1-2H3,(H,13,14,15). The van der Waals surface area contributed by atoms with E-state index in [0.717, 1.165) is 6.42 Å². The van der Waals surface area contributed by atoms with Gasteiger partial charge in [0.25, 0.3) is 0 Å². The number of hydrogen-bond donors (Lipinski definition) is 1. The van der Waals surface area contributed by atoms with Gasteiger partial charge >= 0.3 is 5.69 Å². The average molecular weight is 313 g/mol. The number of nitrogens with one attached hydrogen (secondary N) is 1. The highest BCUT2D eigenvalue weighted by Gasteiger charge is 2.28. The van der Waals surface area contributed by atoms with E-state index in [-0.39, 0.29) is 5.69 Å². The van der Waals surface area contributed by atoms with Crippen molar-refractivity contribution in [2.75, 3.05) is 41.4 Å². The molecule has 116 valence electrons. The number of nitro groups is 1. The Kier molecular flexibility index (Phi) is 5.05. The van der Waals surface area contributed by atoms with Gasteiger partial charge in [0.1, 0.15) is 5.69 Å². The molecule has 1 aliphatic heterocycles. The van der Waals surface area contributed by atoms with Crippen LogP contribution < -0.4 is 10.2 Å². The molecular formula is C12H19N5O3S. The third-order valence-electron chi connectivity index (χ3n) is 3.23. The fourth-order valence-corrected chi connectivity index (χ4v) is 3.20. The van der Waals surface area contributed by atoms with E-state index in [1.807, 2.05) is 11.8 Å². The molecule has 0 unspecified atom stereocenters. The second-order valence-electron chi connectivity index (χ2n) is 4.82. The predicted molar refractivity (Wildman–Crippen MR) is 82.3 cm³/mol. The first-order valence-corrected chi connectivity index (χ1v) is 8.38. The molecule has 1 saturated heterocycles. The summed E-state index contributed by atoms with van der Waals surface area (Å²) in [5, 5.41) is 14.4. The molecule has 0 atom stereocenters. The largest absolute Gasteiger partial charge is 0.354 e. The number of aryl methyl sites for hydroxylation is 1. The Labute approximate surface area is 125 Å². The van der Waals surface area contributed by atoms with E-state index in [4.69, 9.17) is 0 Å². The molecule has 0 aromatic carbocycles. The summed E-state index contributed by atoms with van der Waals surface area (Å²) in [4.78, 5) is 21.1. The molecule has 0 saturated carbocycles. The van der Waals surface area contributed by atoms with E-state index in [0.29, 0.717) is 48.6 Å². The van der Waals surface area contributed by atoms with E-state index in [9.17, 15) is 14.3 Å². The lowest BCUT2D eigenvalue weighted by atomic mass is 10.3. The third kappa shape index (κ3) is 3.66. The zero-order valence-corrected chi connectivity index (χ0v) is 13.0. The van der Waals surface area contributed by atoms with Crippen LogP contribution in [0.15, 0.2) is 0 Å². The summed E-state index contributed by atoms with van der Waals surface area (Å²) in [6.45, 7) is 5.36.